The highest BCUT2D eigenvalue weighted by atomic mass is 16.6. The number of hydrogen-bond donors (Lipinski definition) is 1. The summed E-state index contributed by atoms with van der Waals surface area (Å²) in [6.07, 6.45) is 2.21. The fourth-order valence-corrected chi connectivity index (χ4v) is 1.14. The van der Waals surface area contributed by atoms with Crippen LogP contribution in [0.4, 0.5) is 4.79 Å². The van der Waals surface area contributed by atoms with E-state index in [1.54, 1.807) is 0 Å². The Kier molecular flexibility index (Phi) is 5.40. The molecule has 0 fully saturated rings. The Bertz CT molecular complexity index is 216. The standard InChI is InChI=1S/C12H23NO2/c1-7-8-10(9(2)3)13-11(14)15-12(4,5)6/h7,9-10H,1,8H2,2-6H3,(H,13,14). The zero-order valence-electron chi connectivity index (χ0n) is 10.5. The van der Waals surface area contributed by atoms with E-state index in [-0.39, 0.29) is 12.1 Å². The first kappa shape index (κ1) is 14.0. The molecule has 0 aromatic carbocycles. The molecular weight excluding hydrogens is 190 g/mol. The minimum Gasteiger partial charge on any atom is -0.444 e. The Balaban J connectivity index is 4.17. The molecule has 0 aliphatic heterocycles. The molecule has 1 N–H and O–H groups in total. The van der Waals surface area contributed by atoms with Crippen LogP contribution in [0.25, 0.3) is 0 Å². The molecule has 0 saturated heterocycles. The molecule has 0 saturated carbocycles. The van der Waals surface area contributed by atoms with Gasteiger partial charge in [-0.3, -0.25) is 0 Å². The minimum atomic E-state index is -0.445. The van der Waals surface area contributed by atoms with Crippen LogP contribution in [-0.4, -0.2) is 17.7 Å². The first-order chi connectivity index (χ1) is 6.76. The summed E-state index contributed by atoms with van der Waals surface area (Å²) in [7, 11) is 0. The van der Waals surface area contributed by atoms with Gasteiger partial charge in [-0.25, -0.2) is 4.79 Å². The Morgan fingerprint density at radius 2 is 2.00 bits per heavy atom. The van der Waals surface area contributed by atoms with Crippen LogP contribution >= 0.6 is 0 Å². The van der Waals surface area contributed by atoms with Gasteiger partial charge in [0.1, 0.15) is 5.60 Å². The van der Waals surface area contributed by atoms with Gasteiger partial charge in [-0.15, -0.1) is 6.58 Å². The van der Waals surface area contributed by atoms with Crippen molar-refractivity contribution in [1.82, 2.24) is 5.32 Å². The topological polar surface area (TPSA) is 38.3 Å². The zero-order chi connectivity index (χ0) is 12.1. The van der Waals surface area contributed by atoms with Crippen molar-refractivity contribution < 1.29 is 9.53 Å². The predicted octanol–water partition coefficient (Wildman–Crippen LogP) is 3.11. The summed E-state index contributed by atoms with van der Waals surface area (Å²) in [4.78, 5) is 11.5. The Hall–Kier alpha value is -0.990. The van der Waals surface area contributed by atoms with E-state index in [9.17, 15) is 4.79 Å². The number of hydrogen-bond acceptors (Lipinski definition) is 2. The monoisotopic (exact) mass is 213 g/mol. The van der Waals surface area contributed by atoms with Gasteiger partial charge in [-0.1, -0.05) is 19.9 Å². The first-order valence-electron chi connectivity index (χ1n) is 5.36. The average Bonchev–Trinajstić information content (AvgIpc) is 1.99. The van der Waals surface area contributed by atoms with Crippen molar-refractivity contribution in [3.05, 3.63) is 12.7 Å². The predicted molar refractivity (Wildman–Crippen MR) is 62.8 cm³/mol. The van der Waals surface area contributed by atoms with E-state index < -0.39 is 5.60 Å². The maximum Gasteiger partial charge on any atom is 0.407 e. The molecule has 0 spiro atoms. The molecule has 1 atom stereocenters. The van der Waals surface area contributed by atoms with Crippen molar-refractivity contribution in [2.45, 2.75) is 52.7 Å². The van der Waals surface area contributed by atoms with Gasteiger partial charge >= 0.3 is 6.09 Å². The lowest BCUT2D eigenvalue weighted by Crippen LogP contribution is -2.41. The Morgan fingerprint density at radius 1 is 1.47 bits per heavy atom. The molecular formula is C12H23NO2. The molecule has 1 unspecified atom stereocenters. The van der Waals surface area contributed by atoms with Crippen LogP contribution in [0, 0.1) is 5.92 Å². The van der Waals surface area contributed by atoms with Gasteiger partial charge < -0.3 is 10.1 Å². The number of rotatable bonds is 4. The molecule has 0 aliphatic rings. The van der Waals surface area contributed by atoms with Crippen molar-refractivity contribution in [1.29, 1.82) is 0 Å². The van der Waals surface area contributed by atoms with E-state index in [0.717, 1.165) is 6.42 Å². The van der Waals surface area contributed by atoms with Crippen molar-refractivity contribution in [2.75, 3.05) is 0 Å². The number of ether oxygens (including phenoxy) is 1. The second kappa shape index (κ2) is 5.79. The molecule has 0 rings (SSSR count). The number of amides is 1. The highest BCUT2D eigenvalue weighted by Crippen LogP contribution is 2.10. The molecule has 15 heavy (non-hydrogen) atoms. The fourth-order valence-electron chi connectivity index (χ4n) is 1.14. The van der Waals surface area contributed by atoms with Crippen LogP contribution in [0.1, 0.15) is 41.0 Å². The van der Waals surface area contributed by atoms with E-state index in [0.29, 0.717) is 5.92 Å². The van der Waals surface area contributed by atoms with Crippen molar-refractivity contribution in [3.8, 4) is 0 Å². The molecule has 0 radical (unpaired) electrons. The lowest BCUT2D eigenvalue weighted by molar-refractivity contribution is 0.0491. The van der Waals surface area contributed by atoms with Crippen molar-refractivity contribution in [3.63, 3.8) is 0 Å². The third-order valence-corrected chi connectivity index (χ3v) is 1.93. The lowest BCUT2D eigenvalue weighted by Gasteiger charge is -2.25. The molecule has 0 heterocycles. The van der Waals surface area contributed by atoms with Crippen molar-refractivity contribution >= 4 is 6.09 Å². The van der Waals surface area contributed by atoms with Gasteiger partial charge in [0.05, 0.1) is 0 Å². The summed E-state index contributed by atoms with van der Waals surface area (Å²) >= 11 is 0. The number of nitrogens with one attached hydrogen (secondary N) is 1. The molecule has 0 aliphatic carbocycles. The Labute approximate surface area is 92.9 Å². The van der Waals surface area contributed by atoms with E-state index in [1.807, 2.05) is 26.8 Å². The number of alkyl carbamates (subject to hydrolysis) is 1. The summed E-state index contributed by atoms with van der Waals surface area (Å²) in [5.74, 6) is 0.371. The fraction of sp³-hybridized carbons (Fsp3) is 0.750. The normalized spacial score (nSPS) is 13.5. The molecule has 0 aromatic heterocycles. The molecule has 0 aromatic rings. The van der Waals surface area contributed by atoms with Crippen LogP contribution < -0.4 is 5.32 Å². The lowest BCUT2D eigenvalue weighted by atomic mass is 10.0. The smallest absolute Gasteiger partial charge is 0.407 e. The molecule has 88 valence electrons. The highest BCUT2D eigenvalue weighted by molar-refractivity contribution is 5.68. The van der Waals surface area contributed by atoms with Gasteiger partial charge in [0.25, 0.3) is 0 Å². The van der Waals surface area contributed by atoms with Crippen molar-refractivity contribution in [2.24, 2.45) is 5.92 Å². The first-order valence-corrected chi connectivity index (χ1v) is 5.36. The quantitative estimate of drug-likeness (QED) is 0.729. The summed E-state index contributed by atoms with van der Waals surface area (Å²) in [5, 5.41) is 2.84. The van der Waals surface area contributed by atoms with Crippen LogP contribution in [0.15, 0.2) is 12.7 Å². The summed E-state index contributed by atoms with van der Waals surface area (Å²) in [5.41, 5.74) is -0.445. The summed E-state index contributed by atoms with van der Waals surface area (Å²) in [6.45, 7) is 13.3. The van der Waals surface area contributed by atoms with E-state index in [2.05, 4.69) is 25.7 Å². The largest absolute Gasteiger partial charge is 0.444 e. The third kappa shape index (κ3) is 7.00. The maximum atomic E-state index is 11.5. The SMILES string of the molecule is C=CCC(NC(=O)OC(C)(C)C)C(C)C. The Morgan fingerprint density at radius 3 is 2.33 bits per heavy atom. The van der Waals surface area contributed by atoms with Crippen LogP contribution in [0.2, 0.25) is 0 Å². The van der Waals surface area contributed by atoms with Crippen LogP contribution in [0.5, 0.6) is 0 Å². The number of carbonyl (C=O) groups excluding carboxylic acids is 1. The van der Waals surface area contributed by atoms with Crippen LogP contribution in [0.3, 0.4) is 0 Å². The highest BCUT2D eigenvalue weighted by Gasteiger charge is 2.20. The summed E-state index contributed by atoms with van der Waals surface area (Å²) < 4.78 is 5.18. The second-order valence-corrected chi connectivity index (χ2v) is 5.02. The van der Waals surface area contributed by atoms with E-state index in [4.69, 9.17) is 4.74 Å². The number of carbonyl (C=O) groups is 1. The van der Waals surface area contributed by atoms with Gasteiger partial charge in [-0.05, 0) is 33.1 Å². The van der Waals surface area contributed by atoms with E-state index in [1.165, 1.54) is 0 Å². The van der Waals surface area contributed by atoms with Gasteiger partial charge in [0.2, 0.25) is 0 Å². The molecule has 0 bridgehead atoms. The third-order valence-electron chi connectivity index (χ3n) is 1.93. The van der Waals surface area contributed by atoms with E-state index >= 15 is 0 Å². The zero-order valence-corrected chi connectivity index (χ0v) is 10.5. The van der Waals surface area contributed by atoms with Gasteiger partial charge in [-0.2, -0.15) is 0 Å². The summed E-state index contributed by atoms with van der Waals surface area (Å²) in [6, 6.07) is 0.0948. The van der Waals surface area contributed by atoms with Gasteiger partial charge in [0.15, 0.2) is 0 Å². The van der Waals surface area contributed by atoms with Gasteiger partial charge in [0, 0.05) is 6.04 Å². The average molecular weight is 213 g/mol. The molecule has 3 heteroatoms. The second-order valence-electron chi connectivity index (χ2n) is 5.02. The molecule has 1 amide bonds. The molecule has 3 nitrogen and oxygen atoms in total. The van der Waals surface area contributed by atoms with Crippen LogP contribution in [-0.2, 0) is 4.74 Å². The maximum absolute atomic E-state index is 11.5. The minimum absolute atomic E-state index is 0.0948.